The van der Waals surface area contributed by atoms with Crippen molar-refractivity contribution in [3.8, 4) is 28.1 Å². The lowest BCUT2D eigenvalue weighted by Gasteiger charge is -2.18. The number of nitrogen functional groups attached to an aromatic ring is 1. The van der Waals surface area contributed by atoms with Crippen molar-refractivity contribution in [3.05, 3.63) is 92.9 Å². The van der Waals surface area contributed by atoms with Gasteiger partial charge in [-0.3, -0.25) is 9.20 Å². The number of nitrogens with zero attached hydrogens (tertiary/aromatic N) is 5. The van der Waals surface area contributed by atoms with E-state index in [4.69, 9.17) is 27.2 Å². The Balaban J connectivity index is 1.58. The number of thiazole rings is 1. The number of hydrogen-bond acceptors (Lipinski definition) is 7. The van der Waals surface area contributed by atoms with Crippen molar-refractivity contribution in [2.75, 3.05) is 5.73 Å². The van der Waals surface area contributed by atoms with Crippen molar-refractivity contribution < 1.29 is 4.74 Å². The molecule has 4 heterocycles. The second-order valence-corrected chi connectivity index (χ2v) is 11.2. The third-order valence-corrected chi connectivity index (χ3v) is 8.19. The molecule has 4 aromatic heterocycles. The maximum absolute atomic E-state index is 13.9. The average molecular weight is 571 g/mol. The molecule has 8 nitrogen and oxygen atoms in total. The number of nitrogens with two attached hydrogens (primary N) is 1. The quantitative estimate of drug-likeness (QED) is 0.237. The number of ether oxygens (including phenoxy) is 1. The van der Waals surface area contributed by atoms with Gasteiger partial charge in [-0.2, -0.15) is 5.10 Å². The molecule has 0 saturated carbocycles. The summed E-state index contributed by atoms with van der Waals surface area (Å²) in [5, 5.41) is 7.85. The predicted octanol–water partition coefficient (Wildman–Crippen LogP) is 6.78. The number of halogens is 1. The van der Waals surface area contributed by atoms with Crippen LogP contribution >= 0.6 is 22.9 Å². The van der Waals surface area contributed by atoms with Crippen molar-refractivity contribution >= 4 is 44.6 Å². The highest BCUT2D eigenvalue weighted by molar-refractivity contribution is 7.16. The second kappa shape index (κ2) is 10.1. The number of hydrogen-bond donors (Lipinski definition) is 1. The molecule has 6 aromatic rings. The maximum atomic E-state index is 13.9. The van der Waals surface area contributed by atoms with Crippen LogP contribution in [0.15, 0.2) is 71.1 Å². The van der Waals surface area contributed by atoms with Crippen LogP contribution in [0.1, 0.15) is 37.9 Å². The first-order valence-electron chi connectivity index (χ1n) is 12.9. The molecular formula is C30H27ClN6O2S. The van der Waals surface area contributed by atoms with E-state index in [-0.39, 0.29) is 17.7 Å². The van der Waals surface area contributed by atoms with Crippen LogP contribution in [-0.4, -0.2) is 30.3 Å². The minimum atomic E-state index is -0.371. The van der Waals surface area contributed by atoms with Crippen molar-refractivity contribution in [1.29, 1.82) is 0 Å². The van der Waals surface area contributed by atoms with Crippen molar-refractivity contribution in [1.82, 2.24) is 24.1 Å². The highest BCUT2D eigenvalue weighted by Crippen LogP contribution is 2.37. The summed E-state index contributed by atoms with van der Waals surface area (Å²) in [7, 11) is 0. The molecule has 0 unspecified atom stereocenters. The van der Waals surface area contributed by atoms with E-state index in [2.05, 4.69) is 9.97 Å². The highest BCUT2D eigenvalue weighted by atomic mass is 35.5. The monoisotopic (exact) mass is 570 g/mol. The number of anilines is 1. The summed E-state index contributed by atoms with van der Waals surface area (Å²) in [6.45, 7) is 8.01. The zero-order chi connectivity index (χ0) is 28.1. The number of pyridine rings is 1. The van der Waals surface area contributed by atoms with Crippen LogP contribution in [0.4, 0.5) is 5.82 Å². The van der Waals surface area contributed by atoms with E-state index in [1.807, 2.05) is 87.0 Å². The van der Waals surface area contributed by atoms with Crippen molar-refractivity contribution in [3.63, 3.8) is 0 Å². The molecule has 40 heavy (non-hydrogen) atoms. The molecule has 10 heteroatoms. The van der Waals surface area contributed by atoms with Gasteiger partial charge in [0, 0.05) is 10.9 Å². The topological polar surface area (TPSA) is 100 Å². The third-order valence-electron chi connectivity index (χ3n) is 6.90. The normalized spacial score (nSPS) is 12.4. The van der Waals surface area contributed by atoms with Crippen LogP contribution in [0.25, 0.3) is 38.2 Å². The molecule has 0 aliphatic carbocycles. The van der Waals surface area contributed by atoms with E-state index in [9.17, 15) is 4.79 Å². The van der Waals surface area contributed by atoms with E-state index in [0.717, 1.165) is 32.8 Å². The van der Waals surface area contributed by atoms with Gasteiger partial charge in [0.1, 0.15) is 33.6 Å². The Kier molecular flexibility index (Phi) is 6.56. The number of rotatable bonds is 6. The van der Waals surface area contributed by atoms with Gasteiger partial charge in [0.25, 0.3) is 5.56 Å². The van der Waals surface area contributed by atoms with Crippen LogP contribution in [-0.2, 0) is 0 Å². The largest absolute Gasteiger partial charge is 0.491 e. The lowest BCUT2D eigenvalue weighted by atomic mass is 9.97. The van der Waals surface area contributed by atoms with E-state index in [1.54, 1.807) is 9.78 Å². The fraction of sp³-hybridized carbons (Fsp3) is 0.200. The standard InChI is InChI=1S/C30H27ClN6O2S/c1-16(2)39-22-11-10-20(12-17(22)3)27-26-28(32)33-15-34-29(26)37(35-27)18(4)21-13-24-36(23(31)14-40-24)30(38)25(21)19-8-6-5-7-9-19/h5-16,18H,1-4H3,(H2,32,33,34)/t18-/m0/s1. The van der Waals surface area contributed by atoms with E-state index in [0.29, 0.717) is 33.3 Å². The van der Waals surface area contributed by atoms with Crippen LogP contribution in [0.5, 0.6) is 5.75 Å². The molecule has 6 rings (SSSR count). The zero-order valence-electron chi connectivity index (χ0n) is 22.4. The van der Waals surface area contributed by atoms with Gasteiger partial charge < -0.3 is 10.5 Å². The Morgan fingerprint density at radius 3 is 2.52 bits per heavy atom. The summed E-state index contributed by atoms with van der Waals surface area (Å²) in [5.41, 5.74) is 11.5. The number of aryl methyl sites for hydroxylation is 1. The summed E-state index contributed by atoms with van der Waals surface area (Å²) < 4.78 is 9.30. The van der Waals surface area contributed by atoms with Crippen LogP contribution < -0.4 is 16.0 Å². The number of aromatic nitrogens is 5. The summed E-state index contributed by atoms with van der Waals surface area (Å²) in [4.78, 5) is 23.5. The van der Waals surface area contributed by atoms with Gasteiger partial charge in [-0.05, 0) is 68.7 Å². The molecule has 0 aliphatic heterocycles. The molecule has 0 saturated heterocycles. The lowest BCUT2D eigenvalue weighted by molar-refractivity contribution is 0.241. The summed E-state index contributed by atoms with van der Waals surface area (Å²) >= 11 is 7.84. The molecule has 0 aliphatic rings. The predicted molar refractivity (Wildman–Crippen MR) is 161 cm³/mol. The Labute approximate surface area is 239 Å². The first kappa shape index (κ1) is 26.0. The molecule has 0 spiro atoms. The molecule has 2 N–H and O–H groups in total. The first-order valence-corrected chi connectivity index (χ1v) is 14.1. The third kappa shape index (κ3) is 4.31. The van der Waals surface area contributed by atoms with E-state index < -0.39 is 0 Å². The van der Waals surface area contributed by atoms with Gasteiger partial charge >= 0.3 is 0 Å². The minimum Gasteiger partial charge on any atom is -0.491 e. The maximum Gasteiger partial charge on any atom is 0.265 e. The molecule has 0 radical (unpaired) electrons. The van der Waals surface area contributed by atoms with Gasteiger partial charge in [-0.1, -0.05) is 41.9 Å². The SMILES string of the molecule is Cc1cc(-c2nn([C@@H](C)c3cc4scc(Cl)n4c(=O)c3-c3ccccc3)c3ncnc(N)c23)ccc1OC(C)C. The van der Waals surface area contributed by atoms with E-state index in [1.165, 1.54) is 17.7 Å². The molecular weight excluding hydrogens is 544 g/mol. The highest BCUT2D eigenvalue weighted by Gasteiger charge is 2.26. The molecule has 0 fully saturated rings. The van der Waals surface area contributed by atoms with Crippen molar-refractivity contribution in [2.24, 2.45) is 0 Å². The van der Waals surface area contributed by atoms with Crippen molar-refractivity contribution in [2.45, 2.75) is 39.8 Å². The zero-order valence-corrected chi connectivity index (χ0v) is 24.0. The van der Waals surface area contributed by atoms with Crippen LogP contribution in [0, 0.1) is 6.92 Å². The van der Waals surface area contributed by atoms with Crippen LogP contribution in [0.2, 0.25) is 5.15 Å². The summed E-state index contributed by atoms with van der Waals surface area (Å²) in [6, 6.07) is 17.2. The Hall–Kier alpha value is -4.21. The molecule has 202 valence electrons. The van der Waals surface area contributed by atoms with E-state index >= 15 is 0 Å². The van der Waals surface area contributed by atoms with Gasteiger partial charge in [0.05, 0.1) is 23.1 Å². The Morgan fingerprint density at radius 2 is 1.80 bits per heavy atom. The summed E-state index contributed by atoms with van der Waals surface area (Å²) in [6.07, 6.45) is 1.50. The molecule has 0 amide bonds. The fourth-order valence-corrected chi connectivity index (χ4v) is 6.22. The number of benzene rings is 2. The molecule has 1 atom stereocenters. The second-order valence-electron chi connectivity index (χ2n) is 9.95. The summed E-state index contributed by atoms with van der Waals surface area (Å²) in [5.74, 6) is 1.15. The number of fused-ring (bicyclic) bond motifs is 2. The Morgan fingerprint density at radius 1 is 1.02 bits per heavy atom. The fourth-order valence-electron chi connectivity index (χ4n) is 5.06. The Bertz CT molecular complexity index is 1940. The van der Waals surface area contributed by atoms with Gasteiger partial charge in [0.2, 0.25) is 0 Å². The minimum absolute atomic E-state index is 0.0629. The average Bonchev–Trinajstić information content (AvgIpc) is 3.51. The van der Waals surface area contributed by atoms with Gasteiger partial charge in [-0.15, -0.1) is 11.3 Å². The smallest absolute Gasteiger partial charge is 0.265 e. The van der Waals surface area contributed by atoms with Crippen LogP contribution in [0.3, 0.4) is 0 Å². The molecule has 2 aromatic carbocycles. The lowest BCUT2D eigenvalue weighted by Crippen LogP contribution is -2.20. The van der Waals surface area contributed by atoms with Gasteiger partial charge in [-0.25, -0.2) is 14.6 Å². The first-order chi connectivity index (χ1) is 19.2. The molecule has 0 bridgehead atoms. The van der Waals surface area contributed by atoms with Gasteiger partial charge in [0.15, 0.2) is 5.65 Å².